The molecule has 1 nitrogen and oxygen atoms in total. The van der Waals surface area contributed by atoms with Gasteiger partial charge in [0.2, 0.25) is 0 Å². The fourth-order valence-electron chi connectivity index (χ4n) is 2.89. The van der Waals surface area contributed by atoms with Gasteiger partial charge in [-0.1, -0.05) is 33.1 Å². The average Bonchev–Trinajstić information content (AvgIpc) is 2.24. The molecule has 1 rings (SSSR count). The van der Waals surface area contributed by atoms with Crippen LogP contribution in [0, 0.1) is 11.8 Å². The first-order chi connectivity index (χ1) is 7.61. The van der Waals surface area contributed by atoms with Crippen molar-refractivity contribution in [3.05, 3.63) is 0 Å². The van der Waals surface area contributed by atoms with E-state index in [9.17, 15) is 0 Å². The molecule has 0 N–H and O–H groups in total. The zero-order chi connectivity index (χ0) is 12.0. The lowest BCUT2D eigenvalue weighted by molar-refractivity contribution is 0.191. The second-order valence-corrected chi connectivity index (χ2v) is 6.13. The van der Waals surface area contributed by atoms with Crippen LogP contribution in [0.25, 0.3) is 0 Å². The summed E-state index contributed by atoms with van der Waals surface area (Å²) in [7, 11) is 0. The molecule has 96 valence electrons. The summed E-state index contributed by atoms with van der Waals surface area (Å²) in [6.07, 6.45) is 8.62. The van der Waals surface area contributed by atoms with Gasteiger partial charge in [-0.05, 0) is 58.0 Å². The quantitative estimate of drug-likeness (QED) is 0.676. The highest BCUT2D eigenvalue weighted by atomic mass is 15.1. The molecule has 0 aromatic rings. The molecular weight excluding hydrogens is 194 g/mol. The molecule has 0 amide bonds. The summed E-state index contributed by atoms with van der Waals surface area (Å²) in [5, 5.41) is 0. The van der Waals surface area contributed by atoms with E-state index in [0.29, 0.717) is 0 Å². The van der Waals surface area contributed by atoms with Crippen molar-refractivity contribution in [1.82, 2.24) is 4.90 Å². The Hall–Kier alpha value is -0.0400. The zero-order valence-electron chi connectivity index (χ0n) is 11.8. The Balaban J connectivity index is 2.42. The predicted octanol–water partition coefficient (Wildman–Crippen LogP) is 4.32. The molecule has 0 spiro atoms. The first kappa shape index (κ1) is 14.0. The lowest BCUT2D eigenvalue weighted by atomic mass is 9.86. The lowest BCUT2D eigenvalue weighted by Gasteiger charge is -2.29. The van der Waals surface area contributed by atoms with Gasteiger partial charge in [0.05, 0.1) is 0 Å². The van der Waals surface area contributed by atoms with Crippen LogP contribution >= 0.6 is 0 Å². The molecule has 1 aliphatic heterocycles. The van der Waals surface area contributed by atoms with E-state index in [4.69, 9.17) is 0 Å². The van der Waals surface area contributed by atoms with E-state index >= 15 is 0 Å². The largest absolute Gasteiger partial charge is 0.301 e. The van der Waals surface area contributed by atoms with Crippen LogP contribution in [0.1, 0.15) is 66.2 Å². The van der Waals surface area contributed by atoms with Crippen molar-refractivity contribution >= 4 is 0 Å². The van der Waals surface area contributed by atoms with E-state index in [-0.39, 0.29) is 0 Å². The normalized spacial score (nSPS) is 26.2. The highest BCUT2D eigenvalue weighted by molar-refractivity contribution is 4.70. The van der Waals surface area contributed by atoms with Crippen molar-refractivity contribution < 1.29 is 0 Å². The molecule has 1 unspecified atom stereocenters. The van der Waals surface area contributed by atoms with Gasteiger partial charge in [0.25, 0.3) is 0 Å². The van der Waals surface area contributed by atoms with Crippen LogP contribution in [0.4, 0.5) is 0 Å². The maximum absolute atomic E-state index is 2.67. The molecular formula is C15H31N. The Labute approximate surface area is 103 Å². The number of hydrogen-bond acceptors (Lipinski definition) is 1. The Morgan fingerprint density at radius 1 is 0.812 bits per heavy atom. The monoisotopic (exact) mass is 225 g/mol. The molecule has 1 saturated heterocycles. The Morgan fingerprint density at radius 3 is 2.06 bits per heavy atom. The highest BCUT2D eigenvalue weighted by Crippen LogP contribution is 2.25. The molecule has 1 atom stereocenters. The molecule has 1 heterocycles. The van der Waals surface area contributed by atoms with Gasteiger partial charge in [-0.25, -0.2) is 0 Å². The first-order valence-corrected chi connectivity index (χ1v) is 7.35. The number of hydrogen-bond donors (Lipinski definition) is 0. The van der Waals surface area contributed by atoms with Crippen LogP contribution < -0.4 is 0 Å². The Kier molecular flexibility index (Phi) is 6.41. The summed E-state index contributed by atoms with van der Waals surface area (Å²) in [4.78, 5) is 2.67. The second kappa shape index (κ2) is 7.32. The average molecular weight is 225 g/mol. The third-order valence-electron chi connectivity index (χ3n) is 4.21. The standard InChI is InChI=1S/C15H31N/c1-13(2)15-9-6-5-7-11-16(14(3)4)12-8-10-15/h13-15H,5-12H2,1-4H3. The molecule has 1 aliphatic rings. The second-order valence-electron chi connectivity index (χ2n) is 6.13. The van der Waals surface area contributed by atoms with Crippen LogP contribution in [0.3, 0.4) is 0 Å². The maximum atomic E-state index is 2.67. The third kappa shape index (κ3) is 4.86. The highest BCUT2D eigenvalue weighted by Gasteiger charge is 2.16. The molecule has 0 aromatic heterocycles. The minimum absolute atomic E-state index is 0.733. The first-order valence-electron chi connectivity index (χ1n) is 7.35. The number of nitrogens with zero attached hydrogens (tertiary/aromatic N) is 1. The van der Waals surface area contributed by atoms with Crippen LogP contribution in [-0.2, 0) is 0 Å². The fraction of sp³-hybridized carbons (Fsp3) is 1.00. The molecule has 0 aliphatic carbocycles. The van der Waals surface area contributed by atoms with Gasteiger partial charge in [-0.15, -0.1) is 0 Å². The summed E-state index contributed by atoms with van der Waals surface area (Å²) >= 11 is 0. The van der Waals surface area contributed by atoms with Gasteiger partial charge in [0.15, 0.2) is 0 Å². The van der Waals surface area contributed by atoms with Gasteiger partial charge < -0.3 is 4.90 Å². The predicted molar refractivity (Wildman–Crippen MR) is 72.7 cm³/mol. The van der Waals surface area contributed by atoms with Crippen molar-refractivity contribution in [3.8, 4) is 0 Å². The van der Waals surface area contributed by atoms with Gasteiger partial charge in [-0.3, -0.25) is 0 Å². The SMILES string of the molecule is CC(C)C1CCCCCN(C(C)C)CCC1. The maximum Gasteiger partial charge on any atom is 0.00385 e. The van der Waals surface area contributed by atoms with E-state index in [1.54, 1.807) is 0 Å². The summed E-state index contributed by atoms with van der Waals surface area (Å²) in [6, 6.07) is 0.733. The summed E-state index contributed by atoms with van der Waals surface area (Å²) in [6.45, 7) is 12.1. The summed E-state index contributed by atoms with van der Waals surface area (Å²) in [5.41, 5.74) is 0. The minimum atomic E-state index is 0.733. The van der Waals surface area contributed by atoms with Crippen LogP contribution in [0.2, 0.25) is 0 Å². The van der Waals surface area contributed by atoms with E-state index in [0.717, 1.165) is 17.9 Å². The summed E-state index contributed by atoms with van der Waals surface area (Å²) < 4.78 is 0. The fourth-order valence-corrected chi connectivity index (χ4v) is 2.89. The summed E-state index contributed by atoms with van der Waals surface area (Å²) in [5.74, 6) is 1.86. The Morgan fingerprint density at radius 2 is 1.44 bits per heavy atom. The molecule has 1 heteroatoms. The Bertz CT molecular complexity index is 156. The molecule has 0 aromatic carbocycles. The molecule has 0 saturated carbocycles. The van der Waals surface area contributed by atoms with E-state index in [1.807, 2.05) is 0 Å². The van der Waals surface area contributed by atoms with Crippen LogP contribution in [-0.4, -0.2) is 24.0 Å². The van der Waals surface area contributed by atoms with Gasteiger partial charge in [0.1, 0.15) is 0 Å². The van der Waals surface area contributed by atoms with E-state index < -0.39 is 0 Å². The minimum Gasteiger partial charge on any atom is -0.301 e. The van der Waals surface area contributed by atoms with E-state index in [2.05, 4.69) is 32.6 Å². The number of rotatable bonds is 2. The van der Waals surface area contributed by atoms with Gasteiger partial charge in [0, 0.05) is 6.04 Å². The van der Waals surface area contributed by atoms with Crippen molar-refractivity contribution in [2.75, 3.05) is 13.1 Å². The van der Waals surface area contributed by atoms with Crippen molar-refractivity contribution in [2.45, 2.75) is 72.3 Å². The van der Waals surface area contributed by atoms with Crippen LogP contribution in [0.5, 0.6) is 0 Å². The molecule has 0 radical (unpaired) electrons. The molecule has 0 bridgehead atoms. The third-order valence-corrected chi connectivity index (χ3v) is 4.21. The van der Waals surface area contributed by atoms with Crippen molar-refractivity contribution in [2.24, 2.45) is 11.8 Å². The van der Waals surface area contributed by atoms with E-state index in [1.165, 1.54) is 51.6 Å². The van der Waals surface area contributed by atoms with Gasteiger partial charge >= 0.3 is 0 Å². The zero-order valence-corrected chi connectivity index (χ0v) is 11.8. The molecule has 1 fully saturated rings. The smallest absolute Gasteiger partial charge is 0.00385 e. The lowest BCUT2D eigenvalue weighted by Crippen LogP contribution is -2.33. The van der Waals surface area contributed by atoms with Crippen LogP contribution in [0.15, 0.2) is 0 Å². The van der Waals surface area contributed by atoms with Crippen molar-refractivity contribution in [3.63, 3.8) is 0 Å². The molecule has 16 heavy (non-hydrogen) atoms. The van der Waals surface area contributed by atoms with Crippen molar-refractivity contribution in [1.29, 1.82) is 0 Å². The van der Waals surface area contributed by atoms with Gasteiger partial charge in [-0.2, -0.15) is 0 Å². The topological polar surface area (TPSA) is 3.24 Å².